The van der Waals surface area contributed by atoms with Crippen LogP contribution in [-0.4, -0.2) is 15.5 Å². The summed E-state index contributed by atoms with van der Waals surface area (Å²) in [7, 11) is 0. The number of nitrogens with zero attached hydrogens (tertiary/aromatic N) is 2. The van der Waals surface area contributed by atoms with Crippen molar-refractivity contribution in [3.8, 4) is 0 Å². The number of rotatable bonds is 5. The van der Waals surface area contributed by atoms with Gasteiger partial charge in [0.05, 0.1) is 18.6 Å². The molecule has 0 aromatic carbocycles. The Labute approximate surface area is 122 Å². The average Bonchev–Trinajstić information content (AvgIpc) is 2.81. The third-order valence-electron chi connectivity index (χ3n) is 2.90. The summed E-state index contributed by atoms with van der Waals surface area (Å²) in [5, 5.41) is 2.74. The minimum Gasteiger partial charge on any atom is -0.456 e. The molecule has 21 heavy (non-hydrogen) atoms. The summed E-state index contributed by atoms with van der Waals surface area (Å²) in [5.41, 5.74) is 0.667. The maximum absolute atomic E-state index is 12.0. The number of aryl methyl sites for hydroxylation is 1. The van der Waals surface area contributed by atoms with Crippen molar-refractivity contribution in [3.05, 3.63) is 52.1 Å². The van der Waals surface area contributed by atoms with Crippen molar-refractivity contribution in [2.75, 3.05) is 0 Å². The molecular formula is C15H19N3O3. The van der Waals surface area contributed by atoms with Crippen LogP contribution in [0.5, 0.6) is 0 Å². The smallest absolute Gasteiger partial charge is 0.287 e. The molecule has 2 aromatic rings. The summed E-state index contributed by atoms with van der Waals surface area (Å²) in [4.78, 5) is 27.5. The van der Waals surface area contributed by atoms with Gasteiger partial charge in [0.15, 0.2) is 11.2 Å². The number of hydrogen-bond donors (Lipinski definition) is 1. The van der Waals surface area contributed by atoms with Crippen LogP contribution in [0, 0.1) is 12.8 Å². The van der Waals surface area contributed by atoms with Gasteiger partial charge in [0.1, 0.15) is 5.76 Å². The molecule has 0 bridgehead atoms. The first-order valence-electron chi connectivity index (χ1n) is 6.84. The quantitative estimate of drug-likeness (QED) is 0.909. The number of aromatic nitrogens is 2. The van der Waals surface area contributed by atoms with E-state index in [9.17, 15) is 9.59 Å². The molecule has 1 amide bonds. The topological polar surface area (TPSA) is 77.1 Å². The predicted molar refractivity (Wildman–Crippen MR) is 78.0 cm³/mol. The number of imidazole rings is 1. The molecule has 0 radical (unpaired) electrons. The Morgan fingerprint density at radius 2 is 2.19 bits per heavy atom. The molecular weight excluding hydrogens is 270 g/mol. The highest BCUT2D eigenvalue weighted by Crippen LogP contribution is 2.05. The maximum Gasteiger partial charge on any atom is 0.287 e. The summed E-state index contributed by atoms with van der Waals surface area (Å²) in [6, 6.07) is 2.53. The largest absolute Gasteiger partial charge is 0.456 e. The number of carbonyl (C=O) groups is 1. The molecule has 6 heteroatoms. The van der Waals surface area contributed by atoms with Gasteiger partial charge < -0.3 is 14.3 Å². The highest BCUT2D eigenvalue weighted by atomic mass is 16.3. The first-order chi connectivity index (χ1) is 9.95. The van der Waals surface area contributed by atoms with Crippen LogP contribution in [0.3, 0.4) is 0 Å². The Balaban J connectivity index is 2.04. The van der Waals surface area contributed by atoms with E-state index in [1.54, 1.807) is 19.4 Å². The maximum atomic E-state index is 12.0. The highest BCUT2D eigenvalue weighted by Gasteiger charge is 2.11. The lowest BCUT2D eigenvalue weighted by atomic mass is 10.2. The second-order valence-corrected chi connectivity index (χ2v) is 5.38. The molecule has 0 aliphatic heterocycles. The van der Waals surface area contributed by atoms with Gasteiger partial charge in [-0.15, -0.1) is 0 Å². The van der Waals surface area contributed by atoms with Crippen LogP contribution in [0.2, 0.25) is 0 Å². The van der Waals surface area contributed by atoms with Gasteiger partial charge in [-0.3, -0.25) is 9.59 Å². The SMILES string of the molecule is Cc1cc(=O)cc(C(=O)NCc2cncn2CC(C)C)o1. The van der Waals surface area contributed by atoms with Crippen molar-refractivity contribution in [1.82, 2.24) is 14.9 Å². The number of hydrogen-bond acceptors (Lipinski definition) is 4. The summed E-state index contributed by atoms with van der Waals surface area (Å²) in [6.45, 7) is 7.04. The molecule has 0 aliphatic rings. The van der Waals surface area contributed by atoms with Crippen LogP contribution in [0.25, 0.3) is 0 Å². The Morgan fingerprint density at radius 1 is 1.43 bits per heavy atom. The standard InChI is InChI=1S/C15H19N3O3/c1-10(2)8-18-9-16-6-12(18)7-17-15(20)14-5-13(19)4-11(3)21-14/h4-6,9-10H,7-8H2,1-3H3,(H,17,20). The van der Waals surface area contributed by atoms with E-state index in [1.165, 1.54) is 12.1 Å². The molecule has 2 aromatic heterocycles. The van der Waals surface area contributed by atoms with E-state index in [-0.39, 0.29) is 11.2 Å². The predicted octanol–water partition coefficient (Wildman–Crippen LogP) is 1.73. The number of nitrogens with one attached hydrogen (secondary N) is 1. The van der Waals surface area contributed by atoms with E-state index in [1.807, 2.05) is 4.57 Å². The van der Waals surface area contributed by atoms with Crippen molar-refractivity contribution in [2.24, 2.45) is 5.92 Å². The van der Waals surface area contributed by atoms with Crippen molar-refractivity contribution in [1.29, 1.82) is 0 Å². The van der Waals surface area contributed by atoms with E-state index in [2.05, 4.69) is 24.1 Å². The van der Waals surface area contributed by atoms with Gasteiger partial charge in [-0.05, 0) is 12.8 Å². The van der Waals surface area contributed by atoms with Crippen molar-refractivity contribution < 1.29 is 9.21 Å². The molecule has 0 saturated carbocycles. The Kier molecular flexibility index (Phi) is 4.57. The van der Waals surface area contributed by atoms with Gasteiger partial charge in [0, 0.05) is 24.9 Å². The van der Waals surface area contributed by atoms with Crippen molar-refractivity contribution in [2.45, 2.75) is 33.9 Å². The Bertz CT molecular complexity index is 685. The fourth-order valence-electron chi connectivity index (χ4n) is 2.03. The molecule has 0 atom stereocenters. The zero-order valence-corrected chi connectivity index (χ0v) is 12.4. The van der Waals surface area contributed by atoms with E-state index in [0.29, 0.717) is 18.2 Å². The highest BCUT2D eigenvalue weighted by molar-refractivity contribution is 5.91. The summed E-state index contributed by atoms with van der Waals surface area (Å²) in [5.74, 6) is 0.518. The van der Waals surface area contributed by atoms with Gasteiger partial charge in [0.25, 0.3) is 5.91 Å². The van der Waals surface area contributed by atoms with Crippen molar-refractivity contribution in [3.63, 3.8) is 0 Å². The van der Waals surface area contributed by atoms with Crippen LogP contribution in [-0.2, 0) is 13.1 Å². The summed E-state index contributed by atoms with van der Waals surface area (Å²) >= 11 is 0. The van der Waals surface area contributed by atoms with E-state index < -0.39 is 5.91 Å². The third kappa shape index (κ3) is 4.05. The lowest BCUT2D eigenvalue weighted by molar-refractivity contribution is 0.0918. The van der Waals surface area contributed by atoms with E-state index in [0.717, 1.165) is 12.2 Å². The minimum atomic E-state index is -0.409. The van der Waals surface area contributed by atoms with Crippen LogP contribution >= 0.6 is 0 Å². The molecule has 1 N–H and O–H groups in total. The molecule has 0 saturated heterocycles. The lowest BCUT2D eigenvalue weighted by Crippen LogP contribution is -2.25. The van der Waals surface area contributed by atoms with Crippen LogP contribution in [0.1, 0.15) is 35.9 Å². The first-order valence-corrected chi connectivity index (χ1v) is 6.84. The number of amides is 1. The zero-order chi connectivity index (χ0) is 15.4. The molecule has 0 unspecified atom stereocenters. The minimum absolute atomic E-state index is 0.0231. The zero-order valence-electron chi connectivity index (χ0n) is 12.4. The van der Waals surface area contributed by atoms with Gasteiger partial charge >= 0.3 is 0 Å². The van der Waals surface area contributed by atoms with Crippen LogP contribution < -0.4 is 10.7 Å². The van der Waals surface area contributed by atoms with Crippen LogP contribution in [0.4, 0.5) is 0 Å². The van der Waals surface area contributed by atoms with Gasteiger partial charge in [0.2, 0.25) is 0 Å². The second-order valence-electron chi connectivity index (χ2n) is 5.38. The summed E-state index contributed by atoms with van der Waals surface area (Å²) in [6.07, 6.45) is 3.46. The average molecular weight is 289 g/mol. The van der Waals surface area contributed by atoms with Crippen LogP contribution in [0.15, 0.2) is 33.9 Å². The number of carbonyl (C=O) groups excluding carboxylic acids is 1. The van der Waals surface area contributed by atoms with E-state index >= 15 is 0 Å². The van der Waals surface area contributed by atoms with Gasteiger partial charge in [-0.1, -0.05) is 13.8 Å². The molecule has 6 nitrogen and oxygen atoms in total. The summed E-state index contributed by atoms with van der Waals surface area (Å²) < 4.78 is 7.25. The van der Waals surface area contributed by atoms with Gasteiger partial charge in [-0.2, -0.15) is 0 Å². The molecule has 0 spiro atoms. The molecule has 2 rings (SSSR count). The fraction of sp³-hybridized carbons (Fsp3) is 0.400. The molecule has 112 valence electrons. The Hall–Kier alpha value is -2.37. The fourth-order valence-corrected chi connectivity index (χ4v) is 2.03. The first kappa shape index (κ1) is 15.0. The van der Waals surface area contributed by atoms with Crippen molar-refractivity contribution >= 4 is 5.91 Å². The third-order valence-corrected chi connectivity index (χ3v) is 2.90. The second kappa shape index (κ2) is 6.39. The Morgan fingerprint density at radius 3 is 2.86 bits per heavy atom. The molecule has 0 fully saturated rings. The normalized spacial score (nSPS) is 10.9. The van der Waals surface area contributed by atoms with E-state index in [4.69, 9.17) is 4.42 Å². The molecule has 2 heterocycles. The molecule has 0 aliphatic carbocycles. The lowest BCUT2D eigenvalue weighted by Gasteiger charge is -2.11. The van der Waals surface area contributed by atoms with Gasteiger partial charge in [-0.25, -0.2) is 4.98 Å². The monoisotopic (exact) mass is 289 g/mol.